The van der Waals surface area contributed by atoms with Crippen LogP contribution in [0.2, 0.25) is 0 Å². The van der Waals surface area contributed by atoms with Crippen LogP contribution >= 0.6 is 0 Å². The molecule has 0 N–H and O–H groups in total. The Morgan fingerprint density at radius 2 is 1.68 bits per heavy atom. The number of hydrogen-bond acceptors (Lipinski definition) is 3. The number of hydrogen-bond donors (Lipinski definition) is 0. The summed E-state index contributed by atoms with van der Waals surface area (Å²) in [6.45, 7) is -1.16. The van der Waals surface area contributed by atoms with Crippen molar-refractivity contribution >= 4 is 10.0 Å². The lowest BCUT2D eigenvalue weighted by molar-refractivity contribution is -0.141. The Morgan fingerprint density at radius 1 is 1.14 bits per heavy atom. The molecule has 9 heteroatoms. The summed E-state index contributed by atoms with van der Waals surface area (Å²) in [6.07, 6.45) is -4.28. The van der Waals surface area contributed by atoms with Gasteiger partial charge < -0.3 is 4.74 Å². The van der Waals surface area contributed by atoms with E-state index in [1.807, 2.05) is 0 Å². The second-order valence-corrected chi connectivity index (χ2v) is 6.85. The molecule has 0 unspecified atom stereocenters. The third kappa shape index (κ3) is 4.17. The van der Waals surface area contributed by atoms with Crippen LogP contribution in [0.5, 0.6) is 0 Å². The van der Waals surface area contributed by atoms with Gasteiger partial charge in [-0.15, -0.1) is 0 Å². The van der Waals surface area contributed by atoms with E-state index in [0.717, 1.165) is 24.3 Å². The minimum Gasteiger partial charge on any atom is -0.381 e. The molecule has 1 fully saturated rings. The highest BCUT2D eigenvalue weighted by Gasteiger charge is 2.41. The molecule has 1 aromatic rings. The molecular formula is C13H15F4NO3S. The number of ether oxygens (including phenoxy) is 1. The van der Waals surface area contributed by atoms with Crippen molar-refractivity contribution in [3.8, 4) is 0 Å². The van der Waals surface area contributed by atoms with Gasteiger partial charge in [-0.25, -0.2) is 12.8 Å². The van der Waals surface area contributed by atoms with E-state index in [0.29, 0.717) is 4.31 Å². The number of nitrogens with zero attached hydrogens (tertiary/aromatic N) is 1. The van der Waals surface area contributed by atoms with E-state index in [1.54, 1.807) is 0 Å². The Labute approximate surface area is 125 Å². The minimum atomic E-state index is -4.66. The third-order valence-corrected chi connectivity index (χ3v) is 5.27. The molecule has 0 spiro atoms. The first-order chi connectivity index (χ1) is 10.2. The van der Waals surface area contributed by atoms with Gasteiger partial charge in [0.15, 0.2) is 0 Å². The van der Waals surface area contributed by atoms with Gasteiger partial charge in [-0.1, -0.05) is 0 Å². The predicted molar refractivity (Wildman–Crippen MR) is 70.2 cm³/mol. The lowest BCUT2D eigenvalue weighted by Crippen LogP contribution is -2.47. The lowest BCUT2D eigenvalue weighted by Gasteiger charge is -2.33. The molecular weight excluding hydrogens is 326 g/mol. The van der Waals surface area contributed by atoms with Gasteiger partial charge in [0, 0.05) is 19.3 Å². The molecule has 0 saturated carbocycles. The molecule has 4 nitrogen and oxygen atoms in total. The van der Waals surface area contributed by atoms with Crippen molar-refractivity contribution in [2.75, 3.05) is 19.8 Å². The van der Waals surface area contributed by atoms with Crippen LogP contribution in [-0.4, -0.2) is 44.7 Å². The predicted octanol–water partition coefficient (Wildman–Crippen LogP) is 2.56. The third-order valence-electron chi connectivity index (χ3n) is 3.35. The van der Waals surface area contributed by atoms with Crippen LogP contribution < -0.4 is 0 Å². The minimum absolute atomic E-state index is 0.191. The topological polar surface area (TPSA) is 46.6 Å². The summed E-state index contributed by atoms with van der Waals surface area (Å²) in [5.74, 6) is -0.660. The maximum atomic E-state index is 12.9. The maximum absolute atomic E-state index is 12.9. The molecule has 0 atom stereocenters. The van der Waals surface area contributed by atoms with Gasteiger partial charge >= 0.3 is 6.18 Å². The number of benzene rings is 1. The number of sulfonamides is 1. The summed E-state index contributed by atoms with van der Waals surface area (Å²) < 4.78 is 81.7. The summed E-state index contributed by atoms with van der Waals surface area (Å²) in [7, 11) is -4.36. The smallest absolute Gasteiger partial charge is 0.381 e. The largest absolute Gasteiger partial charge is 0.402 e. The molecule has 1 aliphatic heterocycles. The van der Waals surface area contributed by atoms with Crippen molar-refractivity contribution in [3.63, 3.8) is 0 Å². The van der Waals surface area contributed by atoms with E-state index in [9.17, 15) is 26.0 Å². The van der Waals surface area contributed by atoms with Crippen LogP contribution in [0.3, 0.4) is 0 Å². The highest BCUT2D eigenvalue weighted by molar-refractivity contribution is 7.89. The first-order valence-corrected chi connectivity index (χ1v) is 8.06. The molecule has 2 rings (SSSR count). The van der Waals surface area contributed by atoms with Gasteiger partial charge in [0.25, 0.3) is 0 Å². The Morgan fingerprint density at radius 3 is 2.18 bits per heavy atom. The quantitative estimate of drug-likeness (QED) is 0.791. The van der Waals surface area contributed by atoms with E-state index < -0.39 is 34.6 Å². The van der Waals surface area contributed by atoms with Crippen molar-refractivity contribution in [2.45, 2.75) is 30.0 Å². The Bertz CT molecular complexity index is 595. The summed E-state index contributed by atoms with van der Waals surface area (Å²) in [4.78, 5) is -0.357. The van der Waals surface area contributed by atoms with Crippen LogP contribution in [0.1, 0.15) is 12.8 Å². The van der Waals surface area contributed by atoms with Crippen molar-refractivity contribution < 1.29 is 30.7 Å². The zero-order chi connectivity index (χ0) is 16.4. The summed E-state index contributed by atoms with van der Waals surface area (Å²) in [5.41, 5.74) is 0. The zero-order valence-electron chi connectivity index (χ0n) is 11.5. The Hall–Kier alpha value is -1.19. The van der Waals surface area contributed by atoms with Crippen LogP contribution in [0.15, 0.2) is 29.2 Å². The molecule has 22 heavy (non-hydrogen) atoms. The van der Waals surface area contributed by atoms with Gasteiger partial charge in [-0.2, -0.15) is 17.5 Å². The van der Waals surface area contributed by atoms with Crippen molar-refractivity contribution in [2.24, 2.45) is 0 Å². The fraction of sp³-hybridized carbons (Fsp3) is 0.538. The average Bonchev–Trinajstić information content (AvgIpc) is 2.45. The van der Waals surface area contributed by atoms with Crippen molar-refractivity contribution in [1.29, 1.82) is 0 Å². The average molecular weight is 341 g/mol. The van der Waals surface area contributed by atoms with Gasteiger partial charge in [0.1, 0.15) is 12.4 Å². The summed E-state index contributed by atoms with van der Waals surface area (Å²) in [5, 5.41) is 0. The summed E-state index contributed by atoms with van der Waals surface area (Å²) >= 11 is 0. The van der Waals surface area contributed by atoms with Gasteiger partial charge in [0.05, 0.1) is 4.90 Å². The SMILES string of the molecule is O=S(=O)(c1ccc(F)cc1)N(CC(F)(F)F)C1CCOCC1. The monoisotopic (exact) mass is 341 g/mol. The first kappa shape index (κ1) is 17.2. The molecule has 124 valence electrons. The van der Waals surface area contributed by atoms with E-state index >= 15 is 0 Å². The van der Waals surface area contributed by atoms with E-state index in [4.69, 9.17) is 4.74 Å². The Balaban J connectivity index is 2.35. The normalized spacial score (nSPS) is 17.9. The summed E-state index contributed by atoms with van der Waals surface area (Å²) in [6, 6.07) is 2.96. The number of halogens is 4. The molecule has 0 radical (unpaired) electrons. The number of alkyl halides is 3. The molecule has 0 amide bonds. The second-order valence-electron chi connectivity index (χ2n) is 4.96. The molecule has 1 aromatic carbocycles. The maximum Gasteiger partial charge on any atom is 0.402 e. The highest BCUT2D eigenvalue weighted by Crippen LogP contribution is 2.28. The second kappa shape index (κ2) is 6.51. The molecule has 0 aliphatic carbocycles. The molecule has 1 aliphatic rings. The van der Waals surface area contributed by atoms with Crippen LogP contribution in [0.4, 0.5) is 17.6 Å². The molecule has 1 heterocycles. The van der Waals surface area contributed by atoms with Crippen molar-refractivity contribution in [1.82, 2.24) is 4.31 Å². The van der Waals surface area contributed by atoms with Gasteiger partial charge in [-0.3, -0.25) is 0 Å². The fourth-order valence-electron chi connectivity index (χ4n) is 2.30. The van der Waals surface area contributed by atoms with E-state index in [2.05, 4.69) is 0 Å². The number of rotatable bonds is 4. The molecule has 0 bridgehead atoms. The highest BCUT2D eigenvalue weighted by atomic mass is 32.2. The van der Waals surface area contributed by atoms with Crippen LogP contribution in [0.25, 0.3) is 0 Å². The van der Waals surface area contributed by atoms with Crippen LogP contribution in [0, 0.1) is 5.82 Å². The lowest BCUT2D eigenvalue weighted by atomic mass is 10.1. The van der Waals surface area contributed by atoms with Crippen molar-refractivity contribution in [3.05, 3.63) is 30.1 Å². The molecule has 0 aromatic heterocycles. The van der Waals surface area contributed by atoms with Gasteiger partial charge in [0.2, 0.25) is 10.0 Å². The zero-order valence-corrected chi connectivity index (χ0v) is 12.3. The first-order valence-electron chi connectivity index (χ1n) is 6.62. The standard InChI is InChI=1S/C13H15F4NO3S/c14-10-1-3-12(4-2-10)22(19,20)18(9-13(15,16)17)11-5-7-21-8-6-11/h1-4,11H,5-9H2. The van der Waals surface area contributed by atoms with Crippen LogP contribution in [-0.2, 0) is 14.8 Å². The van der Waals surface area contributed by atoms with E-state index in [1.165, 1.54) is 0 Å². The Kier molecular flexibility index (Phi) is 5.08. The fourth-order valence-corrected chi connectivity index (χ4v) is 3.97. The van der Waals surface area contributed by atoms with E-state index in [-0.39, 0.29) is 31.0 Å². The molecule has 1 saturated heterocycles. The van der Waals surface area contributed by atoms with Gasteiger partial charge in [-0.05, 0) is 37.1 Å².